The van der Waals surface area contributed by atoms with Gasteiger partial charge in [-0.05, 0) is 38.0 Å². The summed E-state index contributed by atoms with van der Waals surface area (Å²) in [7, 11) is 0. The summed E-state index contributed by atoms with van der Waals surface area (Å²) in [6.07, 6.45) is 4.62. The molecule has 0 amide bonds. The van der Waals surface area contributed by atoms with Gasteiger partial charge in [0.05, 0.1) is 41.4 Å². The second kappa shape index (κ2) is 11.0. The lowest BCUT2D eigenvalue weighted by atomic mass is 10.0. The first-order chi connectivity index (χ1) is 21.2. The van der Waals surface area contributed by atoms with Gasteiger partial charge in [0.25, 0.3) is 0 Å². The SMILES string of the molecule is C[C@H]1CC(Oc2ccnc(COc3ccc(F)cc3F)n2)CCN1Cc1nc2cc(F)c(C(=O)O)cc2n1C1CC12CCO2. The minimum atomic E-state index is -1.31. The normalized spacial score (nSPS) is 24.8. The van der Waals surface area contributed by atoms with E-state index >= 15 is 0 Å². The maximum absolute atomic E-state index is 14.6. The van der Waals surface area contributed by atoms with Crippen molar-refractivity contribution in [3.63, 3.8) is 0 Å². The fourth-order valence-electron chi connectivity index (χ4n) is 6.29. The highest BCUT2D eigenvalue weighted by atomic mass is 19.1. The molecule has 44 heavy (non-hydrogen) atoms. The summed E-state index contributed by atoms with van der Waals surface area (Å²) in [6.45, 7) is 3.91. The van der Waals surface area contributed by atoms with E-state index in [1.807, 2.05) is 0 Å². The van der Waals surface area contributed by atoms with Crippen molar-refractivity contribution in [1.29, 1.82) is 0 Å². The molecular formula is C31H30F3N5O5. The van der Waals surface area contributed by atoms with Crippen LogP contribution in [0.4, 0.5) is 13.2 Å². The van der Waals surface area contributed by atoms with Crippen molar-refractivity contribution in [2.75, 3.05) is 13.2 Å². The van der Waals surface area contributed by atoms with Gasteiger partial charge < -0.3 is 23.9 Å². The van der Waals surface area contributed by atoms with Gasteiger partial charge in [-0.3, -0.25) is 4.90 Å². The summed E-state index contributed by atoms with van der Waals surface area (Å²) in [6, 6.07) is 7.47. The van der Waals surface area contributed by atoms with E-state index in [0.717, 1.165) is 37.2 Å². The number of halogens is 3. The first-order valence-corrected chi connectivity index (χ1v) is 14.6. The third-order valence-electron chi connectivity index (χ3n) is 8.82. The van der Waals surface area contributed by atoms with E-state index in [0.29, 0.717) is 48.9 Å². The van der Waals surface area contributed by atoms with Gasteiger partial charge in [-0.25, -0.2) is 27.9 Å². The minimum absolute atomic E-state index is 0.0371. The number of aromatic nitrogens is 4. The second-order valence-electron chi connectivity index (χ2n) is 11.7. The van der Waals surface area contributed by atoms with E-state index in [1.54, 1.807) is 12.3 Å². The fraction of sp³-hybridized carbons (Fsp3) is 0.419. The number of likely N-dealkylation sites (tertiary alicyclic amines) is 1. The first kappa shape index (κ1) is 28.5. The molecule has 2 aromatic heterocycles. The van der Waals surface area contributed by atoms with Crippen molar-refractivity contribution in [3.8, 4) is 11.6 Å². The molecule has 1 aliphatic carbocycles. The molecule has 230 valence electrons. The molecule has 4 aromatic rings. The highest BCUT2D eigenvalue weighted by Crippen LogP contribution is 2.59. The molecule has 0 bridgehead atoms. The molecule has 3 fully saturated rings. The summed E-state index contributed by atoms with van der Waals surface area (Å²) in [5.41, 5.74) is 0.428. The molecular weight excluding hydrogens is 579 g/mol. The number of nitrogens with zero attached hydrogens (tertiary/aromatic N) is 5. The number of fused-ring (bicyclic) bond motifs is 1. The van der Waals surface area contributed by atoms with Gasteiger partial charge in [0, 0.05) is 49.8 Å². The van der Waals surface area contributed by atoms with Crippen LogP contribution < -0.4 is 9.47 Å². The van der Waals surface area contributed by atoms with Crippen LogP contribution in [0.2, 0.25) is 0 Å². The smallest absolute Gasteiger partial charge is 0.338 e. The monoisotopic (exact) mass is 609 g/mol. The Labute approximate surface area is 250 Å². The number of aromatic carboxylic acids is 1. The third kappa shape index (κ3) is 5.34. The molecule has 2 aliphatic heterocycles. The van der Waals surface area contributed by atoms with Crippen LogP contribution in [0, 0.1) is 17.5 Å². The van der Waals surface area contributed by atoms with Gasteiger partial charge in [-0.1, -0.05) is 0 Å². The zero-order valence-electron chi connectivity index (χ0n) is 23.9. The number of hydrogen-bond donors (Lipinski definition) is 1. The third-order valence-corrected chi connectivity index (χ3v) is 8.82. The van der Waals surface area contributed by atoms with E-state index in [2.05, 4.69) is 26.4 Å². The lowest BCUT2D eigenvalue weighted by molar-refractivity contribution is -0.0821. The number of carbonyl (C=O) groups is 1. The molecule has 10 nitrogen and oxygen atoms in total. The van der Waals surface area contributed by atoms with Crippen molar-refractivity contribution in [2.45, 2.75) is 69.5 Å². The average molecular weight is 610 g/mol. The van der Waals surface area contributed by atoms with Gasteiger partial charge in [-0.2, -0.15) is 4.98 Å². The molecule has 1 spiro atoms. The Morgan fingerprint density at radius 3 is 2.70 bits per heavy atom. The molecule has 4 atom stereocenters. The Hall–Kier alpha value is -4.23. The van der Waals surface area contributed by atoms with E-state index in [-0.39, 0.29) is 41.7 Å². The van der Waals surface area contributed by atoms with Crippen LogP contribution in [-0.4, -0.2) is 66.4 Å². The minimum Gasteiger partial charge on any atom is -0.483 e. The highest BCUT2D eigenvalue weighted by Gasteiger charge is 2.62. The average Bonchev–Trinajstić information content (AvgIpc) is 3.63. The summed E-state index contributed by atoms with van der Waals surface area (Å²) in [4.78, 5) is 27.3. The van der Waals surface area contributed by atoms with Crippen LogP contribution in [0.3, 0.4) is 0 Å². The number of ether oxygens (including phenoxy) is 3. The number of imidazole rings is 1. The Balaban J connectivity index is 1.02. The van der Waals surface area contributed by atoms with Crippen LogP contribution in [-0.2, 0) is 17.9 Å². The van der Waals surface area contributed by atoms with E-state index in [1.165, 1.54) is 18.2 Å². The van der Waals surface area contributed by atoms with Crippen molar-refractivity contribution in [3.05, 3.63) is 77.3 Å². The number of benzene rings is 2. The lowest BCUT2D eigenvalue weighted by Gasteiger charge is -2.37. The molecule has 2 aromatic carbocycles. The number of piperidine rings is 1. The topological polar surface area (TPSA) is 112 Å². The zero-order chi connectivity index (χ0) is 30.6. The van der Waals surface area contributed by atoms with Crippen molar-refractivity contribution in [2.24, 2.45) is 0 Å². The van der Waals surface area contributed by atoms with Gasteiger partial charge in [-0.15, -0.1) is 0 Å². The van der Waals surface area contributed by atoms with Gasteiger partial charge in [0.15, 0.2) is 17.4 Å². The second-order valence-corrected chi connectivity index (χ2v) is 11.7. The van der Waals surface area contributed by atoms with Gasteiger partial charge in [0.1, 0.15) is 30.2 Å². The maximum atomic E-state index is 14.6. The molecule has 13 heteroatoms. The highest BCUT2D eigenvalue weighted by molar-refractivity contribution is 5.93. The number of rotatable bonds is 9. The van der Waals surface area contributed by atoms with E-state index < -0.39 is 23.4 Å². The van der Waals surface area contributed by atoms with E-state index in [4.69, 9.17) is 19.2 Å². The molecule has 7 rings (SSSR count). The fourth-order valence-corrected chi connectivity index (χ4v) is 6.29. The predicted molar refractivity (Wildman–Crippen MR) is 150 cm³/mol. The van der Waals surface area contributed by atoms with Gasteiger partial charge in [0.2, 0.25) is 5.88 Å². The number of hydrogen-bond acceptors (Lipinski definition) is 8. The van der Waals surface area contributed by atoms with Crippen LogP contribution in [0.1, 0.15) is 60.7 Å². The van der Waals surface area contributed by atoms with Crippen LogP contribution in [0.5, 0.6) is 11.6 Å². The molecule has 1 N–H and O–H groups in total. The van der Waals surface area contributed by atoms with Crippen molar-refractivity contribution >= 4 is 17.0 Å². The number of carboxylic acids is 1. The maximum Gasteiger partial charge on any atom is 0.338 e. The Morgan fingerprint density at radius 1 is 1.16 bits per heavy atom. The Kier molecular flexibility index (Phi) is 7.16. The largest absolute Gasteiger partial charge is 0.483 e. The Bertz CT molecular complexity index is 1750. The van der Waals surface area contributed by atoms with Crippen LogP contribution >= 0.6 is 0 Å². The molecule has 4 heterocycles. The standard InChI is InChI=1S/C31H30F3N5O5/c1-17-10-19(44-29-4-7-35-27(37-29)16-42-25-3-2-18(32)11-22(25)34)5-8-38(17)15-28-36-23-13-21(33)20(30(40)41)12-24(23)39(28)26-14-31(26)6-9-43-31/h2-4,7,11-13,17,19,26H,5-6,8-10,14-16H2,1H3,(H,40,41)/t17-,19?,26?,31?/m0/s1. The van der Waals surface area contributed by atoms with Gasteiger partial charge >= 0.3 is 5.97 Å². The molecule has 3 unspecified atom stereocenters. The molecule has 2 saturated heterocycles. The molecule has 3 aliphatic rings. The predicted octanol–water partition coefficient (Wildman–Crippen LogP) is 5.06. The molecule has 0 radical (unpaired) electrons. The summed E-state index contributed by atoms with van der Waals surface area (Å²) in [5.74, 6) is -2.29. The summed E-state index contributed by atoms with van der Waals surface area (Å²) in [5, 5.41) is 9.52. The van der Waals surface area contributed by atoms with Crippen molar-refractivity contribution in [1.82, 2.24) is 24.4 Å². The molecule has 1 saturated carbocycles. The lowest BCUT2D eigenvalue weighted by Crippen LogP contribution is -2.44. The van der Waals surface area contributed by atoms with Crippen molar-refractivity contribution < 1.29 is 37.3 Å². The first-order valence-electron chi connectivity index (χ1n) is 14.6. The summed E-state index contributed by atoms with van der Waals surface area (Å²) >= 11 is 0. The summed E-state index contributed by atoms with van der Waals surface area (Å²) < 4.78 is 61.2. The van der Waals surface area contributed by atoms with Crippen LogP contribution in [0.15, 0.2) is 42.6 Å². The Morgan fingerprint density at radius 2 is 2.00 bits per heavy atom. The number of carboxylic acid groups (broad SMARTS) is 1. The zero-order valence-corrected chi connectivity index (χ0v) is 23.9. The van der Waals surface area contributed by atoms with E-state index in [9.17, 15) is 23.1 Å². The quantitative estimate of drug-likeness (QED) is 0.279. The van der Waals surface area contributed by atoms with Crippen LogP contribution in [0.25, 0.3) is 11.0 Å².